The highest BCUT2D eigenvalue weighted by atomic mass is 16.6. The number of carbonyl (C=O) groups excluding carboxylic acids is 2. The molecule has 2 rings (SSSR count). The second-order valence-corrected chi connectivity index (χ2v) is 10.1. The lowest BCUT2D eigenvalue weighted by atomic mass is 9.48. The number of fused-ring (bicyclic) bond motifs is 1. The molecule has 2 aliphatic carbocycles. The van der Waals surface area contributed by atoms with Crippen molar-refractivity contribution in [1.82, 2.24) is 0 Å². The van der Waals surface area contributed by atoms with Crippen LogP contribution in [0.3, 0.4) is 0 Å². The summed E-state index contributed by atoms with van der Waals surface area (Å²) in [5, 5.41) is 10.5. The quantitative estimate of drug-likeness (QED) is 0.510. The van der Waals surface area contributed by atoms with Crippen molar-refractivity contribution in [2.75, 3.05) is 0 Å². The molecule has 1 saturated carbocycles. The molecule has 0 bridgehead atoms. The summed E-state index contributed by atoms with van der Waals surface area (Å²) < 4.78 is 11.6. The van der Waals surface area contributed by atoms with E-state index in [9.17, 15) is 14.7 Å². The minimum absolute atomic E-state index is 0.0179. The first kappa shape index (κ1) is 23.7. The van der Waals surface area contributed by atoms with Gasteiger partial charge in [-0.3, -0.25) is 9.59 Å². The van der Waals surface area contributed by atoms with Gasteiger partial charge in [0.15, 0.2) is 6.10 Å². The Morgan fingerprint density at radius 2 is 1.79 bits per heavy atom. The molecule has 0 saturated heterocycles. The maximum atomic E-state index is 12.0. The van der Waals surface area contributed by atoms with E-state index >= 15 is 0 Å². The number of carbonyl (C=O) groups is 2. The van der Waals surface area contributed by atoms with Crippen LogP contribution in [0.25, 0.3) is 0 Å². The summed E-state index contributed by atoms with van der Waals surface area (Å²) in [5.41, 5.74) is 0.917. The molecule has 0 amide bonds. The van der Waals surface area contributed by atoms with Gasteiger partial charge in [0.25, 0.3) is 0 Å². The van der Waals surface area contributed by atoms with Crippen molar-refractivity contribution in [3.63, 3.8) is 0 Å². The van der Waals surface area contributed by atoms with Gasteiger partial charge in [-0.1, -0.05) is 38.8 Å². The van der Waals surface area contributed by atoms with E-state index in [2.05, 4.69) is 27.4 Å². The van der Waals surface area contributed by atoms with Gasteiger partial charge in [-0.15, -0.1) is 6.58 Å². The van der Waals surface area contributed by atoms with E-state index in [0.717, 1.165) is 24.8 Å². The third-order valence-electron chi connectivity index (χ3n) is 7.18. The van der Waals surface area contributed by atoms with Crippen molar-refractivity contribution in [1.29, 1.82) is 0 Å². The molecule has 0 aromatic rings. The van der Waals surface area contributed by atoms with Gasteiger partial charge in [0.05, 0.1) is 5.60 Å². The first-order valence-electron chi connectivity index (χ1n) is 10.7. The van der Waals surface area contributed by atoms with E-state index in [4.69, 9.17) is 9.47 Å². The number of hydrogen-bond donors (Lipinski definition) is 1. The van der Waals surface area contributed by atoms with Gasteiger partial charge in [0, 0.05) is 19.8 Å². The molecule has 1 N–H and O–H groups in total. The number of aliphatic hydroxyl groups is 1. The molecule has 0 aromatic carbocycles. The highest BCUT2D eigenvalue weighted by Crippen LogP contribution is 2.61. The van der Waals surface area contributed by atoms with Crippen LogP contribution in [0.5, 0.6) is 0 Å². The third kappa shape index (κ3) is 4.76. The summed E-state index contributed by atoms with van der Waals surface area (Å²) in [4.78, 5) is 23.9. The molecule has 0 unspecified atom stereocenters. The Labute approximate surface area is 175 Å². The van der Waals surface area contributed by atoms with Crippen molar-refractivity contribution >= 4 is 11.9 Å². The molecule has 1 fully saturated rings. The van der Waals surface area contributed by atoms with Crippen LogP contribution < -0.4 is 0 Å². The predicted octanol–water partition coefficient (Wildman–Crippen LogP) is 4.73. The van der Waals surface area contributed by atoms with Crippen LogP contribution in [0.4, 0.5) is 0 Å². The Kier molecular flexibility index (Phi) is 6.73. The van der Waals surface area contributed by atoms with E-state index in [1.165, 1.54) is 19.4 Å². The molecular formula is C24H38O5. The Balaban J connectivity index is 2.63. The van der Waals surface area contributed by atoms with Crippen LogP contribution in [0.2, 0.25) is 0 Å². The SMILES string of the molecule is C=C[C@](C)(O)CCC1=C(C)[C@@H](OC(C)=O)[C@@H](OC(C)=O)[C@H]2C(C)(C)CCC[C@]12C. The lowest BCUT2D eigenvalue weighted by molar-refractivity contribution is -0.185. The molecule has 0 aliphatic heterocycles. The summed E-state index contributed by atoms with van der Waals surface area (Å²) in [6, 6.07) is 0. The summed E-state index contributed by atoms with van der Waals surface area (Å²) in [6.07, 6.45) is 4.76. The van der Waals surface area contributed by atoms with Crippen LogP contribution in [-0.2, 0) is 19.1 Å². The van der Waals surface area contributed by atoms with E-state index in [0.29, 0.717) is 12.8 Å². The molecule has 164 valence electrons. The fraction of sp³-hybridized carbons (Fsp3) is 0.750. The largest absolute Gasteiger partial charge is 0.458 e. The Bertz CT molecular complexity index is 702. The molecule has 5 nitrogen and oxygen atoms in total. The summed E-state index contributed by atoms with van der Waals surface area (Å²) in [6.45, 7) is 17.0. The summed E-state index contributed by atoms with van der Waals surface area (Å²) >= 11 is 0. The summed E-state index contributed by atoms with van der Waals surface area (Å²) in [5.74, 6) is -0.729. The summed E-state index contributed by atoms with van der Waals surface area (Å²) in [7, 11) is 0. The molecular weight excluding hydrogens is 368 g/mol. The highest BCUT2D eigenvalue weighted by molar-refractivity contribution is 5.68. The molecule has 29 heavy (non-hydrogen) atoms. The minimum atomic E-state index is -0.965. The minimum Gasteiger partial charge on any atom is -0.458 e. The van der Waals surface area contributed by atoms with Crippen LogP contribution in [0, 0.1) is 16.7 Å². The average Bonchev–Trinajstić information content (AvgIpc) is 2.56. The van der Waals surface area contributed by atoms with Gasteiger partial charge in [-0.2, -0.15) is 0 Å². The Morgan fingerprint density at radius 1 is 1.21 bits per heavy atom. The zero-order valence-electron chi connectivity index (χ0n) is 19.1. The average molecular weight is 407 g/mol. The number of rotatable bonds is 6. The smallest absolute Gasteiger partial charge is 0.303 e. The molecule has 0 radical (unpaired) electrons. The van der Waals surface area contributed by atoms with Gasteiger partial charge >= 0.3 is 11.9 Å². The fourth-order valence-electron chi connectivity index (χ4n) is 5.89. The van der Waals surface area contributed by atoms with E-state index in [1.54, 1.807) is 13.0 Å². The van der Waals surface area contributed by atoms with Gasteiger partial charge < -0.3 is 14.6 Å². The molecule has 5 heteroatoms. The molecule has 5 atom stereocenters. The normalized spacial score (nSPS) is 33.3. The van der Waals surface area contributed by atoms with Crippen molar-refractivity contribution in [2.45, 2.75) is 98.4 Å². The molecule has 0 spiro atoms. The van der Waals surface area contributed by atoms with Crippen molar-refractivity contribution in [2.24, 2.45) is 16.7 Å². The number of esters is 2. The number of hydrogen-bond acceptors (Lipinski definition) is 5. The number of allylic oxidation sites excluding steroid dienone is 1. The Morgan fingerprint density at radius 3 is 2.31 bits per heavy atom. The van der Waals surface area contributed by atoms with Crippen LogP contribution in [-0.4, -0.2) is 34.9 Å². The first-order chi connectivity index (χ1) is 13.2. The number of ether oxygens (including phenoxy) is 2. The maximum absolute atomic E-state index is 12.0. The van der Waals surface area contributed by atoms with Crippen molar-refractivity contribution in [3.8, 4) is 0 Å². The Hall–Kier alpha value is -1.62. The van der Waals surface area contributed by atoms with Gasteiger partial charge in [0.2, 0.25) is 0 Å². The van der Waals surface area contributed by atoms with E-state index in [-0.39, 0.29) is 28.7 Å². The first-order valence-corrected chi connectivity index (χ1v) is 10.7. The van der Waals surface area contributed by atoms with Gasteiger partial charge in [-0.05, 0) is 55.9 Å². The topological polar surface area (TPSA) is 72.8 Å². The third-order valence-corrected chi connectivity index (χ3v) is 7.18. The standard InChI is InChI=1S/C24H38O5/c1-9-23(7,27)14-11-18-15(2)19(28-16(3)25)20(29-17(4)26)21-22(5,6)12-10-13-24(18,21)8/h9,19-21,27H,1,10-14H2,2-8H3/t19-,20-,21+,23+,24-/m1/s1. The highest BCUT2D eigenvalue weighted by Gasteiger charge is 2.59. The maximum Gasteiger partial charge on any atom is 0.303 e. The molecule has 2 aliphatic rings. The lowest BCUT2D eigenvalue weighted by Crippen LogP contribution is -2.58. The van der Waals surface area contributed by atoms with Crippen molar-refractivity contribution < 1.29 is 24.2 Å². The zero-order valence-corrected chi connectivity index (χ0v) is 19.1. The van der Waals surface area contributed by atoms with Crippen LogP contribution >= 0.6 is 0 Å². The van der Waals surface area contributed by atoms with E-state index in [1.807, 2.05) is 6.92 Å². The van der Waals surface area contributed by atoms with Crippen LogP contribution in [0.15, 0.2) is 23.8 Å². The van der Waals surface area contributed by atoms with Gasteiger partial charge in [-0.25, -0.2) is 0 Å². The monoisotopic (exact) mass is 406 g/mol. The van der Waals surface area contributed by atoms with Crippen LogP contribution in [0.1, 0.15) is 80.6 Å². The van der Waals surface area contributed by atoms with E-state index < -0.39 is 17.8 Å². The van der Waals surface area contributed by atoms with Crippen molar-refractivity contribution in [3.05, 3.63) is 23.8 Å². The lowest BCUT2D eigenvalue weighted by Gasteiger charge is -2.58. The molecule has 0 aromatic heterocycles. The fourth-order valence-corrected chi connectivity index (χ4v) is 5.89. The predicted molar refractivity (Wildman–Crippen MR) is 113 cm³/mol. The zero-order chi connectivity index (χ0) is 22.2. The van der Waals surface area contributed by atoms with Gasteiger partial charge in [0.1, 0.15) is 6.10 Å². The second kappa shape index (κ2) is 8.25. The second-order valence-electron chi connectivity index (χ2n) is 10.1. The molecule has 0 heterocycles.